The van der Waals surface area contributed by atoms with Gasteiger partial charge in [-0.1, -0.05) is 12.1 Å². The van der Waals surface area contributed by atoms with Gasteiger partial charge in [0.05, 0.1) is 13.2 Å². The third-order valence-electron chi connectivity index (χ3n) is 4.34. The molecule has 5 heteroatoms. The first-order chi connectivity index (χ1) is 10.1. The number of thiophene rings is 2. The maximum Gasteiger partial charge on any atom is 0.129 e. The van der Waals surface area contributed by atoms with Crippen LogP contribution in [0.2, 0.25) is 0 Å². The summed E-state index contributed by atoms with van der Waals surface area (Å²) in [6.07, 6.45) is 0.267. The van der Waals surface area contributed by atoms with E-state index in [1.165, 1.54) is 9.75 Å². The van der Waals surface area contributed by atoms with Crippen molar-refractivity contribution in [2.24, 2.45) is 0 Å². The minimum Gasteiger partial charge on any atom is -0.370 e. The molecule has 2 aliphatic rings. The van der Waals surface area contributed by atoms with E-state index in [0.29, 0.717) is 0 Å². The summed E-state index contributed by atoms with van der Waals surface area (Å²) < 4.78 is 17.9. The lowest BCUT2D eigenvalue weighted by molar-refractivity contribution is -0.168. The fourth-order valence-electron chi connectivity index (χ4n) is 2.84. The molecular formula is C16H18O3S2. The lowest BCUT2D eigenvalue weighted by atomic mass is 9.94. The Morgan fingerprint density at radius 2 is 1.38 bits per heavy atom. The van der Waals surface area contributed by atoms with Gasteiger partial charge in [0.15, 0.2) is 0 Å². The van der Waals surface area contributed by atoms with Crippen molar-refractivity contribution in [1.29, 1.82) is 0 Å². The molecule has 0 N–H and O–H groups in total. The van der Waals surface area contributed by atoms with Gasteiger partial charge in [-0.3, -0.25) is 0 Å². The molecule has 2 saturated heterocycles. The van der Waals surface area contributed by atoms with Crippen LogP contribution < -0.4 is 0 Å². The minimum absolute atomic E-state index is 0.134. The summed E-state index contributed by atoms with van der Waals surface area (Å²) in [6.45, 7) is 5.82. The Labute approximate surface area is 132 Å². The van der Waals surface area contributed by atoms with Crippen LogP contribution in [0.4, 0.5) is 0 Å². The van der Waals surface area contributed by atoms with E-state index in [2.05, 4.69) is 48.9 Å². The molecule has 4 rings (SSSR count). The minimum atomic E-state index is -0.418. The van der Waals surface area contributed by atoms with Crippen LogP contribution in [-0.4, -0.2) is 25.4 Å². The Hall–Kier alpha value is -0.720. The first kappa shape index (κ1) is 13.9. The summed E-state index contributed by atoms with van der Waals surface area (Å²) in [5.41, 5.74) is -0.836. The molecule has 3 nitrogen and oxygen atoms in total. The van der Waals surface area contributed by atoms with Crippen LogP contribution in [0.5, 0.6) is 0 Å². The van der Waals surface area contributed by atoms with Crippen LogP contribution in [0.3, 0.4) is 0 Å². The van der Waals surface area contributed by atoms with Crippen LogP contribution in [0, 0.1) is 0 Å². The standard InChI is InChI=1S/C16H18O3S2/c1-15(11-9-17-11,13-5-3-7-20-13)19-16(2,12-10-18-12)14-6-4-8-21-14/h3-8,11-12H,9-10H2,1-2H3. The molecule has 0 amide bonds. The van der Waals surface area contributed by atoms with Crippen molar-refractivity contribution in [2.75, 3.05) is 13.2 Å². The summed E-state index contributed by atoms with van der Waals surface area (Å²) >= 11 is 3.45. The van der Waals surface area contributed by atoms with Gasteiger partial charge in [-0.2, -0.15) is 0 Å². The molecule has 0 aliphatic carbocycles. The van der Waals surface area contributed by atoms with E-state index in [1.807, 2.05) is 0 Å². The fraction of sp³-hybridized carbons (Fsp3) is 0.500. The monoisotopic (exact) mass is 322 g/mol. The molecule has 0 saturated carbocycles. The zero-order valence-corrected chi connectivity index (χ0v) is 13.7. The molecule has 112 valence electrons. The van der Waals surface area contributed by atoms with Gasteiger partial charge in [-0.25, -0.2) is 0 Å². The molecule has 21 heavy (non-hydrogen) atoms. The van der Waals surface area contributed by atoms with Crippen molar-refractivity contribution in [3.63, 3.8) is 0 Å². The molecule has 2 aromatic rings. The first-order valence-corrected chi connectivity index (χ1v) is 8.90. The highest BCUT2D eigenvalue weighted by molar-refractivity contribution is 7.10. The van der Waals surface area contributed by atoms with Crippen molar-refractivity contribution in [3.8, 4) is 0 Å². The van der Waals surface area contributed by atoms with E-state index < -0.39 is 11.2 Å². The Kier molecular flexibility index (Phi) is 3.24. The highest BCUT2D eigenvalue weighted by atomic mass is 32.1. The predicted molar refractivity (Wildman–Crippen MR) is 83.9 cm³/mol. The second kappa shape index (κ2) is 4.89. The molecule has 2 fully saturated rings. The van der Waals surface area contributed by atoms with E-state index >= 15 is 0 Å². The van der Waals surface area contributed by atoms with Gasteiger partial charge >= 0.3 is 0 Å². The lowest BCUT2D eigenvalue weighted by Crippen LogP contribution is -2.43. The molecule has 0 bridgehead atoms. The van der Waals surface area contributed by atoms with Crippen LogP contribution in [0.1, 0.15) is 23.6 Å². The smallest absolute Gasteiger partial charge is 0.129 e. The number of rotatable bonds is 6. The zero-order chi connectivity index (χ0) is 14.5. The maximum atomic E-state index is 6.73. The second-order valence-corrected chi connectivity index (χ2v) is 7.81. The van der Waals surface area contributed by atoms with E-state index in [4.69, 9.17) is 14.2 Å². The Balaban J connectivity index is 1.71. The van der Waals surface area contributed by atoms with Crippen molar-refractivity contribution in [3.05, 3.63) is 44.8 Å². The third kappa shape index (κ3) is 2.37. The van der Waals surface area contributed by atoms with Crippen molar-refractivity contribution >= 4 is 22.7 Å². The fourth-order valence-corrected chi connectivity index (χ4v) is 4.58. The van der Waals surface area contributed by atoms with Gasteiger partial charge < -0.3 is 14.2 Å². The topological polar surface area (TPSA) is 34.3 Å². The lowest BCUT2D eigenvalue weighted by Gasteiger charge is -2.38. The van der Waals surface area contributed by atoms with E-state index in [9.17, 15) is 0 Å². The molecular weight excluding hydrogens is 304 g/mol. The maximum absolute atomic E-state index is 6.73. The number of hydrogen-bond donors (Lipinski definition) is 0. The van der Waals surface area contributed by atoms with Gasteiger partial charge in [0.1, 0.15) is 23.4 Å². The highest BCUT2D eigenvalue weighted by Crippen LogP contribution is 2.49. The van der Waals surface area contributed by atoms with Gasteiger partial charge in [0.25, 0.3) is 0 Å². The summed E-state index contributed by atoms with van der Waals surface area (Å²) in [5, 5.41) is 4.19. The average molecular weight is 322 g/mol. The Bertz CT molecular complexity index is 547. The summed E-state index contributed by atoms with van der Waals surface area (Å²) in [7, 11) is 0. The molecule has 0 radical (unpaired) electrons. The molecule has 0 spiro atoms. The van der Waals surface area contributed by atoms with E-state index in [-0.39, 0.29) is 12.2 Å². The van der Waals surface area contributed by atoms with Crippen molar-refractivity contribution in [1.82, 2.24) is 0 Å². The Morgan fingerprint density at radius 3 is 1.67 bits per heavy atom. The molecule has 4 heterocycles. The van der Waals surface area contributed by atoms with Crippen LogP contribution >= 0.6 is 22.7 Å². The van der Waals surface area contributed by atoms with Gasteiger partial charge in [0.2, 0.25) is 0 Å². The molecule has 2 aliphatic heterocycles. The first-order valence-electron chi connectivity index (χ1n) is 7.14. The average Bonchev–Trinajstić information content (AvgIpc) is 3.39. The molecule has 4 unspecified atom stereocenters. The predicted octanol–water partition coefficient (Wildman–Crippen LogP) is 3.75. The quantitative estimate of drug-likeness (QED) is 0.760. The van der Waals surface area contributed by atoms with Crippen molar-refractivity contribution < 1.29 is 14.2 Å². The molecule has 0 aromatic carbocycles. The van der Waals surface area contributed by atoms with Crippen LogP contribution in [0.25, 0.3) is 0 Å². The molecule has 4 atom stereocenters. The summed E-state index contributed by atoms with van der Waals surface area (Å²) in [5.74, 6) is 0. The van der Waals surface area contributed by atoms with Crippen LogP contribution in [0.15, 0.2) is 35.0 Å². The number of hydrogen-bond acceptors (Lipinski definition) is 5. The molecule has 2 aromatic heterocycles. The normalized spacial score (nSPS) is 29.6. The van der Waals surface area contributed by atoms with E-state index in [1.54, 1.807) is 22.7 Å². The SMILES string of the molecule is CC(OC(C)(c1cccs1)C1CO1)(c1cccs1)C1CO1. The largest absolute Gasteiger partial charge is 0.370 e. The second-order valence-electron chi connectivity index (χ2n) is 5.91. The third-order valence-corrected chi connectivity index (χ3v) is 6.52. The van der Waals surface area contributed by atoms with Gasteiger partial charge in [0, 0.05) is 9.75 Å². The van der Waals surface area contributed by atoms with Crippen LogP contribution in [-0.2, 0) is 25.4 Å². The number of epoxide rings is 2. The number of ether oxygens (including phenoxy) is 3. The van der Waals surface area contributed by atoms with Crippen molar-refractivity contribution in [2.45, 2.75) is 37.3 Å². The van der Waals surface area contributed by atoms with E-state index in [0.717, 1.165) is 13.2 Å². The summed E-state index contributed by atoms with van der Waals surface area (Å²) in [4.78, 5) is 2.43. The highest BCUT2D eigenvalue weighted by Gasteiger charge is 2.55. The zero-order valence-electron chi connectivity index (χ0n) is 12.1. The Morgan fingerprint density at radius 1 is 0.952 bits per heavy atom. The summed E-state index contributed by atoms with van der Waals surface area (Å²) in [6, 6.07) is 8.41. The van der Waals surface area contributed by atoms with Gasteiger partial charge in [-0.05, 0) is 36.7 Å². The van der Waals surface area contributed by atoms with Gasteiger partial charge in [-0.15, -0.1) is 22.7 Å².